The van der Waals surface area contributed by atoms with Crippen molar-refractivity contribution >= 4 is 39.3 Å². The summed E-state index contributed by atoms with van der Waals surface area (Å²) in [6.45, 7) is 4.73. The second kappa shape index (κ2) is 7.88. The Balaban J connectivity index is 1.66. The van der Waals surface area contributed by atoms with Crippen LogP contribution in [0, 0.1) is 6.92 Å². The predicted molar refractivity (Wildman–Crippen MR) is 103 cm³/mol. The molecule has 0 unspecified atom stereocenters. The molecule has 0 saturated carbocycles. The van der Waals surface area contributed by atoms with E-state index in [1.54, 1.807) is 0 Å². The summed E-state index contributed by atoms with van der Waals surface area (Å²) in [4.78, 5) is 12.3. The van der Waals surface area contributed by atoms with Crippen molar-refractivity contribution in [2.24, 2.45) is 0 Å². The van der Waals surface area contributed by atoms with Crippen LogP contribution in [0.5, 0.6) is 0 Å². The van der Waals surface area contributed by atoms with Crippen molar-refractivity contribution in [1.29, 1.82) is 0 Å². The average molecular weight is 420 g/mol. The highest BCUT2D eigenvalue weighted by molar-refractivity contribution is 9.10. The Hall–Kier alpha value is -2.06. The van der Waals surface area contributed by atoms with Crippen molar-refractivity contribution < 1.29 is 4.79 Å². The molecule has 130 valence electrons. The molecule has 0 bridgehead atoms. The molecule has 3 rings (SSSR count). The number of thioether (sulfide) groups is 1. The fourth-order valence-corrected chi connectivity index (χ4v) is 3.68. The van der Waals surface area contributed by atoms with E-state index in [0.717, 1.165) is 33.4 Å². The van der Waals surface area contributed by atoms with Gasteiger partial charge in [0.25, 0.3) is 0 Å². The first-order chi connectivity index (χ1) is 12.1. The number of hydrogen-bond donors (Lipinski definition) is 1. The minimum absolute atomic E-state index is 0.0661. The van der Waals surface area contributed by atoms with E-state index < -0.39 is 0 Å². The molecule has 0 aliphatic rings. The molecular formula is C17H18BrN5OS. The van der Waals surface area contributed by atoms with Crippen LogP contribution in [0.3, 0.4) is 0 Å². The number of nitrogens with one attached hydrogen (secondary N) is 1. The van der Waals surface area contributed by atoms with Gasteiger partial charge in [-0.05, 0) is 49.7 Å². The maximum Gasteiger partial charge on any atom is 0.236 e. The van der Waals surface area contributed by atoms with Crippen LogP contribution < -0.4 is 5.32 Å². The number of halogens is 1. The second-order valence-corrected chi connectivity index (χ2v) is 7.27. The van der Waals surface area contributed by atoms with Gasteiger partial charge in [0.05, 0.1) is 5.75 Å². The SMILES string of the molecule is CCn1c(SCC(=O)Nc2ccc(Br)cc2C)nnc1-n1cccc1. The second-order valence-electron chi connectivity index (χ2n) is 5.41. The van der Waals surface area contributed by atoms with Crippen molar-refractivity contribution in [3.8, 4) is 5.95 Å². The molecule has 1 amide bonds. The van der Waals surface area contributed by atoms with E-state index in [2.05, 4.69) is 31.4 Å². The summed E-state index contributed by atoms with van der Waals surface area (Å²) in [5, 5.41) is 12.1. The van der Waals surface area contributed by atoms with E-state index in [0.29, 0.717) is 0 Å². The van der Waals surface area contributed by atoms with Gasteiger partial charge in [-0.3, -0.25) is 13.9 Å². The fraction of sp³-hybridized carbons (Fsp3) is 0.235. The van der Waals surface area contributed by atoms with Gasteiger partial charge in [-0.25, -0.2) is 0 Å². The average Bonchev–Trinajstić information content (AvgIpc) is 3.24. The standard InChI is InChI=1S/C17H18BrN5OS/c1-3-23-16(22-8-4-5-9-22)20-21-17(23)25-11-15(24)19-14-7-6-13(18)10-12(14)2/h4-10H,3,11H2,1-2H3,(H,19,24). The molecule has 25 heavy (non-hydrogen) atoms. The Morgan fingerprint density at radius 3 is 2.72 bits per heavy atom. The van der Waals surface area contributed by atoms with Gasteiger partial charge in [-0.2, -0.15) is 0 Å². The van der Waals surface area contributed by atoms with E-state index in [9.17, 15) is 4.79 Å². The lowest BCUT2D eigenvalue weighted by Crippen LogP contribution is -2.15. The van der Waals surface area contributed by atoms with Crippen molar-refractivity contribution in [3.63, 3.8) is 0 Å². The van der Waals surface area contributed by atoms with Crippen molar-refractivity contribution in [2.75, 3.05) is 11.1 Å². The van der Waals surface area contributed by atoms with Gasteiger partial charge in [0.1, 0.15) is 0 Å². The molecule has 3 aromatic rings. The van der Waals surface area contributed by atoms with Crippen molar-refractivity contribution in [2.45, 2.75) is 25.5 Å². The van der Waals surface area contributed by atoms with E-state index in [1.165, 1.54) is 11.8 Å². The number of carbonyl (C=O) groups excluding carboxylic acids is 1. The molecule has 2 heterocycles. The summed E-state index contributed by atoms with van der Waals surface area (Å²) in [7, 11) is 0. The Morgan fingerprint density at radius 2 is 2.04 bits per heavy atom. The molecule has 8 heteroatoms. The molecule has 0 aliphatic heterocycles. The maximum atomic E-state index is 12.3. The molecule has 1 N–H and O–H groups in total. The number of aryl methyl sites for hydroxylation is 1. The summed E-state index contributed by atoms with van der Waals surface area (Å²) in [5.74, 6) is 0.960. The van der Waals surface area contributed by atoms with E-state index >= 15 is 0 Å². The zero-order valence-electron chi connectivity index (χ0n) is 13.9. The first kappa shape index (κ1) is 17.8. The molecule has 0 radical (unpaired) electrons. The van der Waals surface area contributed by atoms with E-state index in [4.69, 9.17) is 0 Å². The van der Waals surface area contributed by atoms with Gasteiger partial charge < -0.3 is 5.32 Å². The third-order valence-electron chi connectivity index (χ3n) is 3.64. The number of carbonyl (C=O) groups is 1. The third kappa shape index (κ3) is 4.13. The number of hydrogen-bond acceptors (Lipinski definition) is 4. The van der Waals surface area contributed by atoms with E-state index in [-0.39, 0.29) is 11.7 Å². The van der Waals surface area contributed by atoms with Crippen LogP contribution in [-0.4, -0.2) is 31.0 Å². The number of nitrogens with zero attached hydrogens (tertiary/aromatic N) is 4. The molecule has 0 aliphatic carbocycles. The lowest BCUT2D eigenvalue weighted by Gasteiger charge is -2.09. The van der Waals surface area contributed by atoms with Gasteiger partial charge in [-0.1, -0.05) is 27.7 Å². The quantitative estimate of drug-likeness (QED) is 0.615. The molecule has 0 saturated heterocycles. The zero-order valence-corrected chi connectivity index (χ0v) is 16.3. The molecule has 0 spiro atoms. The lowest BCUT2D eigenvalue weighted by atomic mass is 10.2. The first-order valence-corrected chi connectivity index (χ1v) is 9.61. The van der Waals surface area contributed by atoms with Crippen LogP contribution >= 0.6 is 27.7 Å². The molecule has 0 atom stereocenters. The summed E-state index contributed by atoms with van der Waals surface area (Å²) >= 11 is 4.80. The van der Waals surface area contributed by atoms with Crippen molar-refractivity contribution in [1.82, 2.24) is 19.3 Å². The zero-order chi connectivity index (χ0) is 17.8. The molecule has 0 fully saturated rings. The Labute approximate surface area is 158 Å². The van der Waals surface area contributed by atoms with Gasteiger partial charge >= 0.3 is 0 Å². The van der Waals surface area contributed by atoms with Gasteiger partial charge in [0, 0.05) is 29.1 Å². The van der Waals surface area contributed by atoms with Crippen molar-refractivity contribution in [3.05, 3.63) is 52.8 Å². The van der Waals surface area contributed by atoms with E-state index in [1.807, 2.05) is 65.7 Å². The van der Waals surface area contributed by atoms with Crippen LogP contribution in [0.15, 0.2) is 52.4 Å². The number of amides is 1. The summed E-state index contributed by atoms with van der Waals surface area (Å²) in [6.07, 6.45) is 3.85. The lowest BCUT2D eigenvalue weighted by molar-refractivity contribution is -0.113. The summed E-state index contributed by atoms with van der Waals surface area (Å²) in [5.41, 5.74) is 1.83. The minimum Gasteiger partial charge on any atom is -0.325 e. The molecule has 2 aromatic heterocycles. The normalized spacial score (nSPS) is 10.8. The number of aromatic nitrogens is 4. The minimum atomic E-state index is -0.0661. The molecule has 6 nitrogen and oxygen atoms in total. The van der Waals surface area contributed by atoms with Gasteiger partial charge in [-0.15, -0.1) is 10.2 Å². The van der Waals surface area contributed by atoms with Crippen LogP contribution in [0.2, 0.25) is 0 Å². The highest BCUT2D eigenvalue weighted by atomic mass is 79.9. The monoisotopic (exact) mass is 419 g/mol. The molecule has 1 aromatic carbocycles. The first-order valence-electron chi connectivity index (χ1n) is 7.84. The summed E-state index contributed by atoms with van der Waals surface area (Å²) in [6, 6.07) is 9.65. The topological polar surface area (TPSA) is 64.7 Å². The maximum absolute atomic E-state index is 12.3. The Kier molecular flexibility index (Phi) is 5.60. The third-order valence-corrected chi connectivity index (χ3v) is 5.10. The highest BCUT2D eigenvalue weighted by Crippen LogP contribution is 2.22. The predicted octanol–water partition coefficient (Wildman–Crippen LogP) is 3.89. The van der Waals surface area contributed by atoms with Crippen LogP contribution in [0.4, 0.5) is 5.69 Å². The summed E-state index contributed by atoms with van der Waals surface area (Å²) < 4.78 is 4.89. The van der Waals surface area contributed by atoms with Crippen LogP contribution in [-0.2, 0) is 11.3 Å². The van der Waals surface area contributed by atoms with Gasteiger partial charge in [0.15, 0.2) is 5.16 Å². The fourth-order valence-electron chi connectivity index (χ4n) is 2.41. The van der Waals surface area contributed by atoms with Crippen LogP contribution in [0.25, 0.3) is 5.95 Å². The number of benzene rings is 1. The largest absolute Gasteiger partial charge is 0.325 e. The number of anilines is 1. The molecular weight excluding hydrogens is 402 g/mol. The Morgan fingerprint density at radius 1 is 1.28 bits per heavy atom. The van der Waals surface area contributed by atoms with Crippen LogP contribution in [0.1, 0.15) is 12.5 Å². The Bertz CT molecular complexity index is 875. The highest BCUT2D eigenvalue weighted by Gasteiger charge is 2.14. The number of rotatable bonds is 6. The van der Waals surface area contributed by atoms with Gasteiger partial charge in [0.2, 0.25) is 11.9 Å². The smallest absolute Gasteiger partial charge is 0.236 e.